The summed E-state index contributed by atoms with van der Waals surface area (Å²) < 4.78 is 45.0. The highest BCUT2D eigenvalue weighted by molar-refractivity contribution is 5.82. The molecule has 0 unspecified atom stereocenters. The molecule has 2 aromatic carbocycles. The second-order valence-electron chi connectivity index (χ2n) is 9.08. The fraction of sp³-hybridized carbons (Fsp3) is 0.458. The van der Waals surface area contributed by atoms with E-state index in [9.17, 15) is 28.1 Å². The van der Waals surface area contributed by atoms with Crippen molar-refractivity contribution in [2.24, 2.45) is 5.92 Å². The van der Waals surface area contributed by atoms with Crippen LogP contribution in [0.15, 0.2) is 42.5 Å². The minimum absolute atomic E-state index is 0.00337. The van der Waals surface area contributed by atoms with Gasteiger partial charge in [-0.3, -0.25) is 14.9 Å². The summed E-state index contributed by atoms with van der Waals surface area (Å²) in [7, 11) is 0. The molecule has 1 amide bonds. The van der Waals surface area contributed by atoms with E-state index in [0.717, 1.165) is 23.4 Å². The van der Waals surface area contributed by atoms with Gasteiger partial charge in [-0.2, -0.15) is 13.2 Å². The third-order valence-electron chi connectivity index (χ3n) is 7.10. The predicted molar refractivity (Wildman–Crippen MR) is 122 cm³/mol. The molecule has 2 fully saturated rings. The van der Waals surface area contributed by atoms with Crippen LogP contribution < -0.4 is 9.80 Å². The number of ether oxygens (including phenoxy) is 1. The Bertz CT molecular complexity index is 1130. The Morgan fingerprint density at radius 2 is 1.83 bits per heavy atom. The number of rotatable bonds is 3. The standard InChI is InChI=1S/C24H25F3N4O4/c25-24(26,27)17-2-1-3-18(14-17)28-6-8-29(9-7-28)23(32)20-13-16-12-19(31(33)34)4-5-21(16)30-10-11-35-15-22(20)30/h1-5,12,14,20,22H,6-11,13,15H2/t20-,22-/m1/s1. The van der Waals surface area contributed by atoms with Crippen molar-refractivity contribution < 1.29 is 27.6 Å². The van der Waals surface area contributed by atoms with Crippen molar-refractivity contribution in [1.29, 1.82) is 0 Å². The molecule has 3 heterocycles. The molecule has 2 saturated heterocycles. The van der Waals surface area contributed by atoms with Crippen LogP contribution in [0, 0.1) is 16.0 Å². The molecule has 0 aliphatic carbocycles. The molecule has 0 spiro atoms. The molecular weight excluding hydrogens is 465 g/mol. The van der Waals surface area contributed by atoms with Gasteiger partial charge >= 0.3 is 6.18 Å². The maximum Gasteiger partial charge on any atom is 0.416 e. The van der Waals surface area contributed by atoms with Crippen LogP contribution in [-0.4, -0.2) is 67.7 Å². The highest BCUT2D eigenvalue weighted by Gasteiger charge is 2.42. The van der Waals surface area contributed by atoms with Gasteiger partial charge in [0.1, 0.15) is 0 Å². The Morgan fingerprint density at radius 1 is 1.06 bits per heavy atom. The molecule has 35 heavy (non-hydrogen) atoms. The lowest BCUT2D eigenvalue weighted by Crippen LogP contribution is -2.59. The number of fused-ring (bicyclic) bond motifs is 3. The molecular formula is C24H25F3N4O4. The van der Waals surface area contributed by atoms with E-state index in [-0.39, 0.29) is 17.6 Å². The molecule has 8 nitrogen and oxygen atoms in total. The summed E-state index contributed by atoms with van der Waals surface area (Å²) in [6.07, 6.45) is -4.03. The number of alkyl halides is 3. The molecule has 0 bridgehead atoms. The normalized spacial score (nSPS) is 22.4. The van der Waals surface area contributed by atoms with E-state index >= 15 is 0 Å². The zero-order chi connectivity index (χ0) is 24.7. The summed E-state index contributed by atoms with van der Waals surface area (Å²) >= 11 is 0. The quantitative estimate of drug-likeness (QED) is 0.485. The largest absolute Gasteiger partial charge is 0.416 e. The molecule has 186 valence electrons. The third kappa shape index (κ3) is 4.52. The zero-order valence-electron chi connectivity index (χ0n) is 18.9. The third-order valence-corrected chi connectivity index (χ3v) is 7.10. The lowest BCUT2D eigenvalue weighted by Gasteiger charge is -2.47. The van der Waals surface area contributed by atoms with Gasteiger partial charge in [-0.1, -0.05) is 6.07 Å². The predicted octanol–water partition coefficient (Wildman–Crippen LogP) is 3.34. The maximum absolute atomic E-state index is 13.6. The molecule has 0 radical (unpaired) electrons. The van der Waals surface area contributed by atoms with E-state index in [1.807, 2.05) is 4.90 Å². The number of nitrogens with zero attached hydrogens (tertiary/aromatic N) is 4. The number of morpholine rings is 1. The first-order valence-corrected chi connectivity index (χ1v) is 11.5. The van der Waals surface area contributed by atoms with E-state index in [4.69, 9.17) is 4.74 Å². The lowest BCUT2D eigenvalue weighted by atomic mass is 9.83. The van der Waals surface area contributed by atoms with Gasteiger partial charge in [0, 0.05) is 56.2 Å². The fourth-order valence-electron chi connectivity index (χ4n) is 5.31. The number of halogens is 3. The molecule has 0 N–H and O–H groups in total. The fourth-order valence-corrected chi connectivity index (χ4v) is 5.31. The molecule has 11 heteroatoms. The van der Waals surface area contributed by atoms with Crippen LogP contribution in [-0.2, 0) is 22.1 Å². The summed E-state index contributed by atoms with van der Waals surface area (Å²) in [6, 6.07) is 9.85. The van der Waals surface area contributed by atoms with Crippen molar-refractivity contribution in [3.05, 3.63) is 63.7 Å². The molecule has 5 rings (SSSR count). The van der Waals surface area contributed by atoms with Gasteiger partial charge in [0.15, 0.2) is 0 Å². The number of carbonyl (C=O) groups excluding carboxylic acids is 1. The summed E-state index contributed by atoms with van der Waals surface area (Å²) in [5.41, 5.74) is 1.47. The van der Waals surface area contributed by atoms with Gasteiger partial charge in [0.25, 0.3) is 5.69 Å². The highest BCUT2D eigenvalue weighted by Crippen LogP contribution is 2.38. The Labute approximate surface area is 200 Å². The molecule has 2 aromatic rings. The van der Waals surface area contributed by atoms with Crippen molar-refractivity contribution in [3.63, 3.8) is 0 Å². The summed E-state index contributed by atoms with van der Waals surface area (Å²) in [5, 5.41) is 11.3. The molecule has 3 aliphatic heterocycles. The number of non-ortho nitro benzene ring substituents is 1. The minimum atomic E-state index is -4.41. The van der Waals surface area contributed by atoms with Gasteiger partial charge in [0.2, 0.25) is 5.91 Å². The van der Waals surface area contributed by atoms with Crippen LogP contribution in [0.3, 0.4) is 0 Å². The number of hydrogen-bond acceptors (Lipinski definition) is 6. The number of carbonyl (C=O) groups is 1. The second kappa shape index (κ2) is 9.03. The number of anilines is 2. The van der Waals surface area contributed by atoms with Crippen LogP contribution in [0.25, 0.3) is 0 Å². The molecule has 2 atom stereocenters. The average molecular weight is 490 g/mol. The minimum Gasteiger partial charge on any atom is -0.377 e. The van der Waals surface area contributed by atoms with Gasteiger partial charge < -0.3 is 19.4 Å². The number of hydrogen-bond donors (Lipinski definition) is 0. The number of nitro groups is 1. The van der Waals surface area contributed by atoms with Crippen LogP contribution >= 0.6 is 0 Å². The van der Waals surface area contributed by atoms with E-state index in [2.05, 4.69) is 4.90 Å². The number of piperazine rings is 1. The second-order valence-corrected chi connectivity index (χ2v) is 9.08. The van der Waals surface area contributed by atoms with Crippen LogP contribution in [0.4, 0.5) is 30.2 Å². The summed E-state index contributed by atoms with van der Waals surface area (Å²) in [4.78, 5) is 30.2. The van der Waals surface area contributed by atoms with Gasteiger partial charge in [-0.15, -0.1) is 0 Å². The first-order chi connectivity index (χ1) is 16.7. The van der Waals surface area contributed by atoms with Gasteiger partial charge in [0.05, 0.1) is 35.7 Å². The van der Waals surface area contributed by atoms with Crippen molar-refractivity contribution in [2.75, 3.05) is 55.7 Å². The van der Waals surface area contributed by atoms with E-state index in [1.165, 1.54) is 12.1 Å². The Kier molecular flexibility index (Phi) is 6.04. The lowest BCUT2D eigenvalue weighted by molar-refractivity contribution is -0.384. The number of benzene rings is 2. The Hall–Kier alpha value is -3.34. The first-order valence-electron chi connectivity index (χ1n) is 11.5. The van der Waals surface area contributed by atoms with Crippen molar-refractivity contribution in [1.82, 2.24) is 4.90 Å². The van der Waals surface area contributed by atoms with Crippen molar-refractivity contribution in [2.45, 2.75) is 18.6 Å². The summed E-state index contributed by atoms with van der Waals surface area (Å²) in [6.45, 7) is 3.14. The van der Waals surface area contributed by atoms with E-state index < -0.39 is 22.6 Å². The van der Waals surface area contributed by atoms with Gasteiger partial charge in [-0.25, -0.2) is 0 Å². The average Bonchev–Trinajstić information content (AvgIpc) is 2.87. The topological polar surface area (TPSA) is 79.2 Å². The van der Waals surface area contributed by atoms with E-state index in [0.29, 0.717) is 58.0 Å². The molecule has 0 saturated carbocycles. The maximum atomic E-state index is 13.6. The van der Waals surface area contributed by atoms with E-state index in [1.54, 1.807) is 23.1 Å². The van der Waals surface area contributed by atoms with Crippen molar-refractivity contribution in [3.8, 4) is 0 Å². The zero-order valence-corrected chi connectivity index (χ0v) is 18.9. The number of amides is 1. The van der Waals surface area contributed by atoms with Crippen LogP contribution in [0.2, 0.25) is 0 Å². The van der Waals surface area contributed by atoms with Crippen LogP contribution in [0.5, 0.6) is 0 Å². The highest BCUT2D eigenvalue weighted by atomic mass is 19.4. The molecule has 0 aromatic heterocycles. The molecule has 3 aliphatic rings. The smallest absolute Gasteiger partial charge is 0.377 e. The SMILES string of the molecule is O=C([C@@H]1Cc2cc([N+](=O)[O-])ccc2N2CCOC[C@H]12)N1CCN(c2cccc(C(F)(F)F)c2)CC1. The van der Waals surface area contributed by atoms with Crippen LogP contribution in [0.1, 0.15) is 11.1 Å². The Morgan fingerprint density at radius 3 is 2.54 bits per heavy atom. The van der Waals surface area contributed by atoms with Gasteiger partial charge in [-0.05, 0) is 36.2 Å². The summed E-state index contributed by atoms with van der Waals surface area (Å²) in [5.74, 6) is -0.462. The number of nitro benzene ring substituents is 1. The van der Waals surface area contributed by atoms with Crippen molar-refractivity contribution >= 4 is 23.0 Å². The Balaban J connectivity index is 1.32. The first kappa shape index (κ1) is 23.4. The monoisotopic (exact) mass is 490 g/mol.